The molecule has 6 nitrogen and oxygen atoms in total. The summed E-state index contributed by atoms with van der Waals surface area (Å²) < 4.78 is 53.5. The molecule has 4 atom stereocenters. The first-order valence-electron chi connectivity index (χ1n) is 12.2. The molecule has 1 aliphatic heterocycles. The molecule has 0 saturated carbocycles. The van der Waals surface area contributed by atoms with Gasteiger partial charge in [-0.05, 0) is 24.3 Å². The van der Waals surface area contributed by atoms with E-state index in [0.29, 0.717) is 12.0 Å². The average Bonchev–Trinajstić information content (AvgIpc) is 3.19. The van der Waals surface area contributed by atoms with Crippen molar-refractivity contribution in [2.24, 2.45) is 11.8 Å². The first kappa shape index (κ1) is 28.4. The number of hydrogen-bond acceptors (Lipinski definition) is 5. The van der Waals surface area contributed by atoms with Gasteiger partial charge in [0, 0.05) is 31.6 Å². The Morgan fingerprint density at radius 2 is 1.62 bits per heavy atom. The fraction of sp³-hybridized carbons (Fsp3) is 0.464. The molecule has 1 heterocycles. The van der Waals surface area contributed by atoms with Crippen LogP contribution in [0.4, 0.5) is 13.2 Å². The van der Waals surface area contributed by atoms with Crippen molar-refractivity contribution in [1.29, 1.82) is 0 Å². The first-order valence-corrected chi connectivity index (χ1v) is 12.2. The van der Waals surface area contributed by atoms with Crippen LogP contribution in [0.3, 0.4) is 0 Å². The van der Waals surface area contributed by atoms with Gasteiger partial charge in [-0.15, -0.1) is 0 Å². The number of ether oxygens (including phenoxy) is 2. The Morgan fingerprint density at radius 1 is 1.03 bits per heavy atom. The van der Waals surface area contributed by atoms with Crippen LogP contribution < -0.4 is 5.32 Å². The predicted molar refractivity (Wildman–Crippen MR) is 130 cm³/mol. The van der Waals surface area contributed by atoms with E-state index in [1.54, 1.807) is 30.3 Å². The largest absolute Gasteiger partial charge is 0.458 e. The number of alkyl halides is 3. The number of ketones is 1. The molecule has 0 radical (unpaired) electrons. The lowest BCUT2D eigenvalue weighted by Crippen LogP contribution is -2.53. The SMILES string of the molecule is CO[C@@](C(=O)O[C@@H](CC(=O)Cc1ccccc1)[C@H]1C[C@H](CC(C)C)NC1=O)(c1ccccc1)C(F)(F)F. The zero-order valence-electron chi connectivity index (χ0n) is 21.1. The molecule has 1 saturated heterocycles. The van der Waals surface area contributed by atoms with Gasteiger partial charge in [0.15, 0.2) is 0 Å². The average molecular weight is 520 g/mol. The van der Waals surface area contributed by atoms with Crippen LogP contribution in [0.5, 0.6) is 0 Å². The number of carbonyl (C=O) groups excluding carboxylic acids is 3. The van der Waals surface area contributed by atoms with Crippen molar-refractivity contribution in [3.63, 3.8) is 0 Å². The van der Waals surface area contributed by atoms with Crippen LogP contribution in [0.1, 0.15) is 44.2 Å². The molecule has 2 aromatic rings. The highest BCUT2D eigenvalue weighted by atomic mass is 19.4. The highest BCUT2D eigenvalue weighted by Gasteiger charge is 2.64. The minimum Gasteiger partial charge on any atom is -0.458 e. The lowest BCUT2D eigenvalue weighted by atomic mass is 9.89. The van der Waals surface area contributed by atoms with Crippen LogP contribution >= 0.6 is 0 Å². The molecule has 2 aromatic carbocycles. The number of Topliss-reactive ketones (excluding diaryl/α,β-unsaturated/α-hetero) is 1. The van der Waals surface area contributed by atoms with Gasteiger partial charge in [-0.1, -0.05) is 74.5 Å². The fourth-order valence-corrected chi connectivity index (χ4v) is 4.82. The van der Waals surface area contributed by atoms with Crippen molar-refractivity contribution in [3.8, 4) is 0 Å². The Hall–Kier alpha value is -3.20. The van der Waals surface area contributed by atoms with Crippen LogP contribution in [0.2, 0.25) is 0 Å². The summed E-state index contributed by atoms with van der Waals surface area (Å²) in [6, 6.07) is 15.0. The molecule has 37 heavy (non-hydrogen) atoms. The van der Waals surface area contributed by atoms with Gasteiger partial charge in [0.05, 0.1) is 5.92 Å². The summed E-state index contributed by atoms with van der Waals surface area (Å²) >= 11 is 0. The van der Waals surface area contributed by atoms with E-state index in [0.717, 1.165) is 19.2 Å². The number of benzene rings is 2. The van der Waals surface area contributed by atoms with Gasteiger partial charge in [0.2, 0.25) is 5.91 Å². The molecule has 0 bridgehead atoms. The second-order valence-corrected chi connectivity index (χ2v) is 9.78. The number of amides is 1. The van der Waals surface area contributed by atoms with Crippen molar-refractivity contribution in [2.45, 2.75) is 63.5 Å². The summed E-state index contributed by atoms with van der Waals surface area (Å²) in [6.45, 7) is 3.97. The zero-order chi connectivity index (χ0) is 27.2. The van der Waals surface area contributed by atoms with E-state index < -0.39 is 47.7 Å². The monoisotopic (exact) mass is 519 g/mol. The summed E-state index contributed by atoms with van der Waals surface area (Å²) in [5.41, 5.74) is -3.17. The molecule has 1 aliphatic rings. The number of halogens is 3. The summed E-state index contributed by atoms with van der Waals surface area (Å²) in [5, 5.41) is 2.83. The molecule has 0 unspecified atom stereocenters. The third-order valence-corrected chi connectivity index (χ3v) is 6.53. The second kappa shape index (κ2) is 11.9. The summed E-state index contributed by atoms with van der Waals surface area (Å²) in [7, 11) is 0.776. The van der Waals surface area contributed by atoms with Gasteiger partial charge < -0.3 is 14.8 Å². The zero-order valence-corrected chi connectivity index (χ0v) is 21.1. The van der Waals surface area contributed by atoms with Crippen LogP contribution in [0.25, 0.3) is 0 Å². The number of carbonyl (C=O) groups is 3. The van der Waals surface area contributed by atoms with Crippen LogP contribution in [-0.4, -0.2) is 43.1 Å². The standard InChI is InChI=1S/C28H32F3NO5/c1-18(2)14-21-16-23(25(34)32-21)24(17-22(33)15-19-10-6-4-7-11-19)37-26(35)27(36-3,28(29,30)31)20-12-8-5-9-13-20/h4-13,18,21,23-24H,14-17H2,1-3H3,(H,32,34)/t21-,23+,24-,27+/m0/s1. The maximum Gasteiger partial charge on any atom is 0.432 e. The van der Waals surface area contributed by atoms with Crippen molar-refractivity contribution >= 4 is 17.7 Å². The minimum atomic E-state index is -5.17. The smallest absolute Gasteiger partial charge is 0.432 e. The molecule has 1 fully saturated rings. The van der Waals surface area contributed by atoms with E-state index in [4.69, 9.17) is 9.47 Å². The highest BCUT2D eigenvalue weighted by Crippen LogP contribution is 2.44. The maximum atomic E-state index is 14.4. The van der Waals surface area contributed by atoms with E-state index in [9.17, 15) is 27.6 Å². The number of methoxy groups -OCH3 is 1. The lowest BCUT2D eigenvalue weighted by Gasteiger charge is -2.34. The second-order valence-electron chi connectivity index (χ2n) is 9.78. The van der Waals surface area contributed by atoms with Gasteiger partial charge in [0.25, 0.3) is 5.60 Å². The topological polar surface area (TPSA) is 81.7 Å². The molecule has 1 amide bonds. The van der Waals surface area contributed by atoms with E-state index >= 15 is 0 Å². The Kier molecular flexibility index (Phi) is 9.12. The lowest BCUT2D eigenvalue weighted by molar-refractivity contribution is -0.278. The summed E-state index contributed by atoms with van der Waals surface area (Å²) in [4.78, 5) is 39.1. The molecule has 0 aromatic heterocycles. The fourth-order valence-electron chi connectivity index (χ4n) is 4.82. The van der Waals surface area contributed by atoms with Crippen molar-refractivity contribution in [1.82, 2.24) is 5.32 Å². The molecule has 3 rings (SSSR count). The molecule has 200 valence electrons. The van der Waals surface area contributed by atoms with Crippen LogP contribution in [0, 0.1) is 11.8 Å². The Balaban J connectivity index is 1.92. The van der Waals surface area contributed by atoms with E-state index in [2.05, 4.69) is 5.32 Å². The Bertz CT molecular complexity index is 1070. The summed E-state index contributed by atoms with van der Waals surface area (Å²) in [6.07, 6.45) is -6.08. The van der Waals surface area contributed by atoms with Crippen LogP contribution in [-0.2, 0) is 35.9 Å². The van der Waals surface area contributed by atoms with Gasteiger partial charge in [0.1, 0.15) is 11.9 Å². The van der Waals surface area contributed by atoms with Crippen molar-refractivity contribution in [2.75, 3.05) is 7.11 Å². The Labute approximate surface area is 214 Å². The number of hydrogen-bond donors (Lipinski definition) is 1. The highest BCUT2D eigenvalue weighted by molar-refractivity contribution is 5.87. The number of nitrogens with one attached hydrogen (secondary N) is 1. The van der Waals surface area contributed by atoms with E-state index in [1.807, 2.05) is 13.8 Å². The van der Waals surface area contributed by atoms with Gasteiger partial charge in [-0.3, -0.25) is 9.59 Å². The molecule has 0 aliphatic carbocycles. The third kappa shape index (κ3) is 6.57. The first-order chi connectivity index (χ1) is 17.5. The molecule has 1 N–H and O–H groups in total. The van der Waals surface area contributed by atoms with Crippen LogP contribution in [0.15, 0.2) is 60.7 Å². The molecule has 9 heteroatoms. The minimum absolute atomic E-state index is 0.00791. The van der Waals surface area contributed by atoms with Crippen molar-refractivity contribution in [3.05, 3.63) is 71.8 Å². The van der Waals surface area contributed by atoms with Gasteiger partial charge in [-0.2, -0.15) is 13.2 Å². The maximum absolute atomic E-state index is 14.4. The summed E-state index contributed by atoms with van der Waals surface area (Å²) in [5.74, 6) is -3.24. The predicted octanol–water partition coefficient (Wildman–Crippen LogP) is 4.76. The molecular formula is C28H32F3NO5. The van der Waals surface area contributed by atoms with E-state index in [-0.39, 0.29) is 30.6 Å². The number of esters is 1. The number of rotatable bonds is 11. The molecular weight excluding hydrogens is 487 g/mol. The third-order valence-electron chi connectivity index (χ3n) is 6.53. The quantitative estimate of drug-likeness (QED) is 0.433. The Morgan fingerprint density at radius 3 is 2.16 bits per heavy atom. The normalized spacial score (nSPS) is 20.2. The van der Waals surface area contributed by atoms with E-state index in [1.165, 1.54) is 18.2 Å². The molecule has 0 spiro atoms. The van der Waals surface area contributed by atoms with Gasteiger partial charge >= 0.3 is 12.1 Å². The van der Waals surface area contributed by atoms with Crippen molar-refractivity contribution < 1.29 is 37.0 Å². The van der Waals surface area contributed by atoms with Gasteiger partial charge in [-0.25, -0.2) is 4.79 Å².